The topological polar surface area (TPSA) is 27.7 Å². The molecule has 5 fully saturated rings. The zero-order chi connectivity index (χ0) is 12.7. The number of nitrogens with one attached hydrogen (secondary N) is 1. The Morgan fingerprint density at radius 2 is 1.95 bits per heavy atom. The van der Waals surface area contributed by atoms with Gasteiger partial charge in [-0.1, -0.05) is 0 Å². The van der Waals surface area contributed by atoms with Crippen molar-refractivity contribution in [3.8, 4) is 0 Å². The van der Waals surface area contributed by atoms with Crippen LogP contribution < -0.4 is 5.32 Å². The minimum atomic E-state index is 0.421. The Balaban J connectivity index is 1.26. The van der Waals surface area contributed by atoms with Gasteiger partial charge in [-0.15, -0.1) is 0 Å². The molecule has 108 valence electrons. The normalized spacial score (nSPS) is 46.4. The van der Waals surface area contributed by atoms with Crippen LogP contribution >= 0.6 is 0 Å². The lowest BCUT2D eigenvalue weighted by Crippen LogP contribution is -2.58. The van der Waals surface area contributed by atoms with Crippen LogP contribution in [0.1, 0.15) is 25.7 Å². The van der Waals surface area contributed by atoms with E-state index in [1.165, 1.54) is 51.9 Å². The second-order valence-corrected chi connectivity index (χ2v) is 6.90. The highest BCUT2D eigenvalue weighted by molar-refractivity contribution is 4.92. The van der Waals surface area contributed by atoms with Crippen LogP contribution in [-0.2, 0) is 4.74 Å². The molecule has 0 amide bonds. The van der Waals surface area contributed by atoms with Crippen molar-refractivity contribution >= 4 is 0 Å². The van der Waals surface area contributed by atoms with Crippen LogP contribution in [0.4, 0.5) is 0 Å². The van der Waals surface area contributed by atoms with E-state index in [2.05, 4.69) is 15.1 Å². The minimum Gasteiger partial charge on any atom is -0.374 e. The SMILES string of the molecule is C1CC2COC(CNC3CN4CCC3CC4)CN2C1. The van der Waals surface area contributed by atoms with Gasteiger partial charge in [0, 0.05) is 31.7 Å². The molecule has 5 saturated heterocycles. The van der Waals surface area contributed by atoms with E-state index >= 15 is 0 Å². The summed E-state index contributed by atoms with van der Waals surface area (Å²) in [7, 11) is 0. The van der Waals surface area contributed by atoms with Crippen molar-refractivity contribution in [2.75, 3.05) is 45.9 Å². The van der Waals surface area contributed by atoms with Crippen LogP contribution in [-0.4, -0.2) is 73.9 Å². The molecule has 3 unspecified atom stereocenters. The maximum absolute atomic E-state index is 6.05. The van der Waals surface area contributed by atoms with Gasteiger partial charge in [0.2, 0.25) is 0 Å². The van der Waals surface area contributed by atoms with Gasteiger partial charge in [0.1, 0.15) is 0 Å². The monoisotopic (exact) mass is 265 g/mol. The minimum absolute atomic E-state index is 0.421. The molecule has 5 aliphatic heterocycles. The molecule has 2 bridgehead atoms. The number of nitrogens with zero attached hydrogens (tertiary/aromatic N) is 2. The molecule has 19 heavy (non-hydrogen) atoms. The lowest BCUT2D eigenvalue weighted by molar-refractivity contribution is -0.0509. The number of hydrogen-bond donors (Lipinski definition) is 1. The Morgan fingerprint density at radius 1 is 1.05 bits per heavy atom. The molecule has 3 atom stereocenters. The molecule has 0 spiro atoms. The molecule has 4 heteroatoms. The largest absolute Gasteiger partial charge is 0.374 e. The lowest BCUT2D eigenvalue weighted by Gasteiger charge is -2.46. The van der Waals surface area contributed by atoms with E-state index < -0.39 is 0 Å². The van der Waals surface area contributed by atoms with Gasteiger partial charge in [-0.25, -0.2) is 0 Å². The summed E-state index contributed by atoms with van der Waals surface area (Å²) in [5.41, 5.74) is 0. The number of piperidine rings is 3. The van der Waals surface area contributed by atoms with E-state index in [0.29, 0.717) is 6.10 Å². The van der Waals surface area contributed by atoms with E-state index in [9.17, 15) is 0 Å². The average Bonchev–Trinajstić information content (AvgIpc) is 2.94. The van der Waals surface area contributed by atoms with Crippen molar-refractivity contribution in [2.45, 2.75) is 43.9 Å². The van der Waals surface area contributed by atoms with E-state index in [1.54, 1.807) is 0 Å². The van der Waals surface area contributed by atoms with Crippen molar-refractivity contribution in [1.82, 2.24) is 15.1 Å². The first-order valence-electron chi connectivity index (χ1n) is 8.20. The third kappa shape index (κ3) is 2.56. The molecule has 0 aromatic rings. The maximum atomic E-state index is 6.05. The Labute approximate surface area is 116 Å². The van der Waals surface area contributed by atoms with Gasteiger partial charge < -0.3 is 15.0 Å². The summed E-state index contributed by atoms with van der Waals surface area (Å²) in [6.07, 6.45) is 5.94. The van der Waals surface area contributed by atoms with Crippen LogP contribution in [0.15, 0.2) is 0 Å². The van der Waals surface area contributed by atoms with E-state index in [-0.39, 0.29) is 0 Å². The highest BCUT2D eigenvalue weighted by atomic mass is 16.5. The molecule has 0 aromatic carbocycles. The summed E-state index contributed by atoms with van der Waals surface area (Å²) in [5.74, 6) is 0.924. The summed E-state index contributed by atoms with van der Waals surface area (Å²) in [4.78, 5) is 5.27. The van der Waals surface area contributed by atoms with Crippen LogP contribution in [0.25, 0.3) is 0 Å². The summed E-state index contributed by atoms with van der Waals surface area (Å²) >= 11 is 0. The van der Waals surface area contributed by atoms with Crippen molar-refractivity contribution in [2.24, 2.45) is 5.92 Å². The summed E-state index contributed by atoms with van der Waals surface area (Å²) in [5, 5.41) is 3.81. The molecule has 5 aliphatic rings. The fourth-order valence-corrected chi connectivity index (χ4v) is 4.49. The fourth-order valence-electron chi connectivity index (χ4n) is 4.49. The molecule has 4 nitrogen and oxygen atoms in total. The first kappa shape index (κ1) is 12.6. The van der Waals surface area contributed by atoms with Gasteiger partial charge in [-0.05, 0) is 51.2 Å². The van der Waals surface area contributed by atoms with Gasteiger partial charge in [0.25, 0.3) is 0 Å². The van der Waals surface area contributed by atoms with Gasteiger partial charge in [0.05, 0.1) is 12.7 Å². The third-order valence-electron chi connectivity index (χ3n) is 5.73. The average molecular weight is 265 g/mol. The van der Waals surface area contributed by atoms with Crippen molar-refractivity contribution in [3.05, 3.63) is 0 Å². The summed E-state index contributed by atoms with van der Waals surface area (Å²) < 4.78 is 6.05. The van der Waals surface area contributed by atoms with Crippen molar-refractivity contribution in [1.29, 1.82) is 0 Å². The maximum Gasteiger partial charge on any atom is 0.0827 e. The standard InChI is InChI=1S/C15H27N3O/c1-2-13-11-19-14(9-18(13)5-1)8-16-15-10-17-6-3-12(15)4-7-17/h12-16H,1-11H2. The molecule has 0 aliphatic carbocycles. The Kier molecular flexibility index (Phi) is 3.52. The molecule has 1 N–H and O–H groups in total. The van der Waals surface area contributed by atoms with Crippen LogP contribution in [0.2, 0.25) is 0 Å². The smallest absolute Gasteiger partial charge is 0.0827 e. The Bertz CT molecular complexity index is 317. The molecule has 0 aromatic heterocycles. The number of fused-ring (bicyclic) bond motifs is 4. The molecular weight excluding hydrogens is 238 g/mol. The quantitative estimate of drug-likeness (QED) is 0.806. The van der Waals surface area contributed by atoms with E-state index in [4.69, 9.17) is 4.74 Å². The zero-order valence-electron chi connectivity index (χ0n) is 11.9. The summed E-state index contributed by atoms with van der Waals surface area (Å²) in [6.45, 7) is 8.40. The second-order valence-electron chi connectivity index (χ2n) is 6.90. The molecule has 5 rings (SSSR count). The predicted octanol–water partition coefficient (Wildman–Crippen LogP) is 0.533. The number of rotatable bonds is 3. The molecule has 0 saturated carbocycles. The van der Waals surface area contributed by atoms with Gasteiger partial charge in [-0.3, -0.25) is 4.90 Å². The van der Waals surface area contributed by atoms with E-state index in [1.807, 2.05) is 0 Å². The number of ether oxygens (including phenoxy) is 1. The third-order valence-corrected chi connectivity index (χ3v) is 5.73. The van der Waals surface area contributed by atoms with Gasteiger partial charge in [-0.2, -0.15) is 0 Å². The van der Waals surface area contributed by atoms with Crippen molar-refractivity contribution in [3.63, 3.8) is 0 Å². The highest BCUT2D eigenvalue weighted by Crippen LogP contribution is 2.28. The first-order valence-corrected chi connectivity index (χ1v) is 8.20. The fraction of sp³-hybridized carbons (Fsp3) is 1.00. The number of hydrogen-bond acceptors (Lipinski definition) is 4. The van der Waals surface area contributed by atoms with Crippen LogP contribution in [0.5, 0.6) is 0 Å². The lowest BCUT2D eigenvalue weighted by atomic mass is 9.84. The second kappa shape index (κ2) is 5.32. The highest BCUT2D eigenvalue weighted by Gasteiger charge is 2.36. The van der Waals surface area contributed by atoms with Crippen LogP contribution in [0, 0.1) is 5.92 Å². The summed E-state index contributed by atoms with van der Waals surface area (Å²) in [6, 6.07) is 1.45. The molecule has 0 radical (unpaired) electrons. The first-order chi connectivity index (χ1) is 9.38. The zero-order valence-corrected chi connectivity index (χ0v) is 11.9. The number of morpholine rings is 1. The molecule has 5 heterocycles. The van der Waals surface area contributed by atoms with Gasteiger partial charge in [0.15, 0.2) is 0 Å². The molecular formula is C15H27N3O. The van der Waals surface area contributed by atoms with E-state index in [0.717, 1.165) is 37.7 Å². The van der Waals surface area contributed by atoms with Gasteiger partial charge >= 0.3 is 0 Å². The Morgan fingerprint density at radius 3 is 2.74 bits per heavy atom. The Hall–Kier alpha value is -0.160. The van der Waals surface area contributed by atoms with Crippen LogP contribution in [0.3, 0.4) is 0 Å². The van der Waals surface area contributed by atoms with Crippen molar-refractivity contribution < 1.29 is 4.74 Å². The predicted molar refractivity (Wildman–Crippen MR) is 75.3 cm³/mol.